The smallest absolute Gasteiger partial charge is 0.317 e. The van der Waals surface area contributed by atoms with Crippen molar-refractivity contribution in [2.45, 2.75) is 25.0 Å². The van der Waals surface area contributed by atoms with E-state index in [4.69, 9.17) is 9.94 Å². The maximum atomic E-state index is 12.5. The van der Waals surface area contributed by atoms with Gasteiger partial charge in [-0.3, -0.25) is 4.79 Å². The van der Waals surface area contributed by atoms with Gasteiger partial charge in [0.05, 0.1) is 15.7 Å². The van der Waals surface area contributed by atoms with Gasteiger partial charge in [0.25, 0.3) is 4.92 Å². The van der Waals surface area contributed by atoms with E-state index in [-0.39, 0.29) is 22.1 Å². The van der Waals surface area contributed by atoms with E-state index in [9.17, 15) is 9.70 Å². The zero-order valence-corrected chi connectivity index (χ0v) is 17.6. The average molecular weight is 435 g/mol. The molecule has 0 fully saturated rings. The predicted octanol–water partition coefficient (Wildman–Crippen LogP) is 3.52. The molecule has 9 nitrogen and oxygen atoms in total. The Bertz CT molecular complexity index is 1020. The lowest BCUT2D eigenvalue weighted by Gasteiger charge is -2.08. The van der Waals surface area contributed by atoms with Crippen LogP contribution in [-0.4, -0.2) is 55.1 Å². The molecule has 2 heterocycles. The number of nitrogens with zero attached hydrogens (tertiary/aromatic N) is 5. The third kappa shape index (κ3) is 5.25. The number of hydrogen-bond donors (Lipinski definition) is 1. The molecule has 0 saturated carbocycles. The van der Waals surface area contributed by atoms with E-state index < -0.39 is 0 Å². The summed E-state index contributed by atoms with van der Waals surface area (Å²) in [7, 11) is 1.65. The Kier molecular flexibility index (Phi) is 7.07. The van der Waals surface area contributed by atoms with E-state index in [1.165, 1.54) is 35.2 Å². The van der Waals surface area contributed by atoms with Gasteiger partial charge in [-0.25, -0.2) is 10.2 Å². The molecule has 0 spiro atoms. The first-order valence-electron chi connectivity index (χ1n) is 8.76. The summed E-state index contributed by atoms with van der Waals surface area (Å²) in [6.45, 7) is 3.16. The van der Waals surface area contributed by atoms with E-state index >= 15 is 0 Å². The molecule has 3 aromatic rings. The summed E-state index contributed by atoms with van der Waals surface area (Å²) in [5.74, 6) is 0.590. The van der Waals surface area contributed by atoms with Gasteiger partial charge < -0.3 is 9.30 Å². The predicted molar refractivity (Wildman–Crippen MR) is 109 cm³/mol. The topological polar surface area (TPSA) is 110 Å². The van der Waals surface area contributed by atoms with Crippen LogP contribution < -0.4 is 0 Å². The normalized spacial score (nSPS) is 11.0. The molecule has 0 radical (unpaired) electrons. The molecule has 0 amide bonds. The van der Waals surface area contributed by atoms with Gasteiger partial charge in [0.1, 0.15) is 5.69 Å². The lowest BCUT2D eigenvalue weighted by atomic mass is 10.1. The van der Waals surface area contributed by atoms with Crippen LogP contribution in [0, 0.1) is 11.8 Å². The third-order valence-corrected chi connectivity index (χ3v) is 5.76. The monoisotopic (exact) mass is 434 g/mol. The van der Waals surface area contributed by atoms with Gasteiger partial charge in [0.2, 0.25) is 0 Å². The first-order chi connectivity index (χ1) is 14.0. The van der Waals surface area contributed by atoms with Crippen LogP contribution in [0.3, 0.4) is 0 Å². The van der Waals surface area contributed by atoms with E-state index in [1.807, 2.05) is 16.9 Å². The minimum atomic E-state index is -0.265. The summed E-state index contributed by atoms with van der Waals surface area (Å²) in [5, 5.41) is 21.0. The lowest BCUT2D eigenvalue weighted by Crippen LogP contribution is -2.08. The molecule has 0 atom stereocenters. The third-order valence-electron chi connectivity index (χ3n) is 4.02. The second kappa shape index (κ2) is 9.72. The van der Waals surface area contributed by atoms with E-state index in [2.05, 4.69) is 15.2 Å². The largest absolute Gasteiger partial charge is 0.385 e. The molecule has 3 rings (SSSR count). The fourth-order valence-corrected chi connectivity index (χ4v) is 4.08. The number of carbonyl (C=O) groups is 1. The molecule has 11 heteroatoms. The van der Waals surface area contributed by atoms with Crippen LogP contribution in [0.15, 0.2) is 34.8 Å². The molecule has 0 saturated heterocycles. The zero-order valence-electron chi connectivity index (χ0n) is 15.9. The Labute approximate surface area is 175 Å². The summed E-state index contributed by atoms with van der Waals surface area (Å²) in [6.07, 6.45) is 0.768. The average Bonchev–Trinajstić information content (AvgIpc) is 3.32. The van der Waals surface area contributed by atoms with Gasteiger partial charge in [-0.2, -0.15) is 0 Å². The van der Waals surface area contributed by atoms with Crippen molar-refractivity contribution in [3.63, 3.8) is 0 Å². The Morgan fingerprint density at radius 2 is 2.21 bits per heavy atom. The van der Waals surface area contributed by atoms with Crippen LogP contribution in [0.2, 0.25) is 0 Å². The molecule has 0 unspecified atom stereocenters. The number of aromatic nitrogens is 4. The Balaban J connectivity index is 1.77. The first kappa shape index (κ1) is 21.1. The number of thioether (sulfide) groups is 1. The molecular weight excluding hydrogens is 414 g/mol. The van der Waals surface area contributed by atoms with Gasteiger partial charge in [0, 0.05) is 43.3 Å². The van der Waals surface area contributed by atoms with E-state index in [0.29, 0.717) is 29.7 Å². The molecule has 1 aromatic carbocycles. The number of hydrogen-bond acceptors (Lipinski definition) is 8. The summed E-state index contributed by atoms with van der Waals surface area (Å²) in [4.78, 5) is 27.8. The molecule has 2 aromatic heterocycles. The number of carbonyl (C=O) groups excluding carboxylic acids is 1. The molecule has 0 aliphatic heterocycles. The van der Waals surface area contributed by atoms with Crippen molar-refractivity contribution < 1.29 is 19.7 Å². The zero-order chi connectivity index (χ0) is 20.8. The Hall–Kier alpha value is -2.63. The van der Waals surface area contributed by atoms with Gasteiger partial charge in [-0.1, -0.05) is 23.9 Å². The fraction of sp³-hybridized carbons (Fsp3) is 0.333. The number of rotatable bonds is 10. The van der Waals surface area contributed by atoms with Gasteiger partial charge in [0.15, 0.2) is 16.8 Å². The molecule has 29 heavy (non-hydrogen) atoms. The highest BCUT2D eigenvalue weighted by Gasteiger charge is 2.19. The van der Waals surface area contributed by atoms with Crippen molar-refractivity contribution in [2.75, 3.05) is 19.5 Å². The molecule has 0 aliphatic rings. The summed E-state index contributed by atoms with van der Waals surface area (Å²) in [6, 6.07) is 5.92. The fourth-order valence-electron chi connectivity index (χ4n) is 2.63. The van der Waals surface area contributed by atoms with Crippen LogP contribution >= 0.6 is 23.1 Å². The van der Waals surface area contributed by atoms with Crippen molar-refractivity contribution in [3.8, 4) is 11.5 Å². The maximum absolute atomic E-state index is 12.5. The van der Waals surface area contributed by atoms with Crippen LogP contribution in [-0.2, 0) is 11.3 Å². The summed E-state index contributed by atoms with van der Waals surface area (Å²) >= 11 is 2.80. The molecule has 152 valence electrons. The quantitative estimate of drug-likeness (QED) is 0.223. The number of Topliss-reactive ketones (excluding diaryl/α,β-unsaturated/α-hetero) is 1. The highest BCUT2D eigenvalue weighted by Crippen LogP contribution is 2.26. The maximum Gasteiger partial charge on any atom is 0.317 e. The number of ether oxygens (including phenoxy) is 1. The SMILES string of the molecule is COCCCn1c(SCC(=O)c2cccc([N+](=O)O)c2)nnc1-c1csc(C)n1. The molecular formula is C18H20N5O4S2+. The highest BCUT2D eigenvalue weighted by molar-refractivity contribution is 7.99. The van der Waals surface area contributed by atoms with Crippen molar-refractivity contribution >= 4 is 34.6 Å². The number of benzene rings is 1. The van der Waals surface area contributed by atoms with Crippen LogP contribution in [0.4, 0.5) is 5.69 Å². The standard InChI is InChI=1S/C18H20N5O4S2/c1-12-19-15(10-28-12)17-20-21-18(22(17)7-4-8-27-2)29-11-16(24)13-5-3-6-14(9-13)23(25)26/h3,5-6,9-10H,4,7-8,11H2,1-2H3,(H,25,26)/q+1. The van der Waals surface area contributed by atoms with Crippen molar-refractivity contribution in [3.05, 3.63) is 45.1 Å². The van der Waals surface area contributed by atoms with Gasteiger partial charge >= 0.3 is 5.69 Å². The van der Waals surface area contributed by atoms with E-state index in [0.717, 1.165) is 17.1 Å². The van der Waals surface area contributed by atoms with Crippen molar-refractivity contribution in [1.82, 2.24) is 19.7 Å². The number of aryl methyl sites for hydroxylation is 1. The number of thiazole rings is 1. The van der Waals surface area contributed by atoms with Gasteiger partial charge in [-0.05, 0) is 13.3 Å². The van der Waals surface area contributed by atoms with Gasteiger partial charge in [-0.15, -0.1) is 21.5 Å². The van der Waals surface area contributed by atoms with Crippen molar-refractivity contribution in [1.29, 1.82) is 0 Å². The minimum Gasteiger partial charge on any atom is -0.385 e. The van der Waals surface area contributed by atoms with Crippen LogP contribution in [0.25, 0.3) is 11.5 Å². The molecule has 0 aliphatic carbocycles. The van der Waals surface area contributed by atoms with Crippen LogP contribution in [0.5, 0.6) is 0 Å². The second-order valence-electron chi connectivity index (χ2n) is 6.09. The minimum absolute atomic E-state index is 0.00442. The van der Waals surface area contributed by atoms with E-state index in [1.54, 1.807) is 19.2 Å². The summed E-state index contributed by atoms with van der Waals surface area (Å²) < 4.78 is 7.08. The number of methoxy groups -OCH3 is 1. The second-order valence-corrected chi connectivity index (χ2v) is 8.10. The Morgan fingerprint density at radius 1 is 1.38 bits per heavy atom. The lowest BCUT2D eigenvalue weighted by molar-refractivity contribution is -0.729. The number of ketones is 1. The molecule has 1 N–H and O–H groups in total. The molecule has 0 bridgehead atoms. The van der Waals surface area contributed by atoms with Crippen LogP contribution in [0.1, 0.15) is 21.8 Å². The summed E-state index contributed by atoms with van der Waals surface area (Å²) in [5.41, 5.74) is 1.09. The highest BCUT2D eigenvalue weighted by atomic mass is 32.2. The Morgan fingerprint density at radius 3 is 2.90 bits per heavy atom. The first-order valence-corrected chi connectivity index (χ1v) is 10.6. The van der Waals surface area contributed by atoms with Crippen molar-refractivity contribution in [2.24, 2.45) is 0 Å².